The molecule has 0 saturated carbocycles. The van der Waals surface area contributed by atoms with E-state index in [0.29, 0.717) is 6.54 Å². The maximum atomic E-state index is 12.7. The van der Waals surface area contributed by atoms with Gasteiger partial charge >= 0.3 is 0 Å². The molecule has 0 aromatic heterocycles. The van der Waals surface area contributed by atoms with Gasteiger partial charge in [-0.25, -0.2) is 0 Å². The summed E-state index contributed by atoms with van der Waals surface area (Å²) in [6.45, 7) is 7.95. The van der Waals surface area contributed by atoms with E-state index >= 15 is 0 Å². The average Bonchev–Trinajstić information content (AvgIpc) is 2.87. The van der Waals surface area contributed by atoms with E-state index in [2.05, 4.69) is 16.8 Å². The Balaban J connectivity index is 1.60. The molecule has 2 atom stereocenters. The molecule has 6 heteroatoms. The molecule has 3 heterocycles. The summed E-state index contributed by atoms with van der Waals surface area (Å²) in [7, 11) is 2.13. The molecule has 0 radical (unpaired) electrons. The van der Waals surface area contributed by atoms with Crippen molar-refractivity contribution < 1.29 is 9.59 Å². The normalized spacial score (nSPS) is 31.3. The SMILES string of the molecule is C[C@H]1C(=O)N2CCC[C@H]2CN1C(=O)CN1CCCN(C)CC1. The molecule has 0 spiro atoms. The molecule has 0 aliphatic carbocycles. The fraction of sp³-hybridized carbons (Fsp3) is 0.875. The number of piperazine rings is 1. The molecular weight excluding hydrogens is 280 g/mol. The van der Waals surface area contributed by atoms with Crippen LogP contribution in [0, 0.1) is 0 Å². The predicted octanol–water partition coefficient (Wildman–Crippen LogP) is -0.154. The fourth-order valence-electron chi connectivity index (χ4n) is 3.93. The minimum atomic E-state index is -0.295. The zero-order valence-corrected chi connectivity index (χ0v) is 13.8. The molecule has 0 bridgehead atoms. The van der Waals surface area contributed by atoms with Crippen LogP contribution < -0.4 is 0 Å². The second-order valence-corrected chi connectivity index (χ2v) is 6.98. The van der Waals surface area contributed by atoms with Crippen LogP contribution in [-0.4, -0.2) is 96.4 Å². The summed E-state index contributed by atoms with van der Waals surface area (Å²) in [5, 5.41) is 0. The summed E-state index contributed by atoms with van der Waals surface area (Å²) >= 11 is 0. The molecule has 0 unspecified atom stereocenters. The second-order valence-electron chi connectivity index (χ2n) is 6.98. The molecule has 124 valence electrons. The first kappa shape index (κ1) is 15.7. The van der Waals surface area contributed by atoms with Gasteiger partial charge in [0.1, 0.15) is 6.04 Å². The zero-order valence-electron chi connectivity index (χ0n) is 13.8. The van der Waals surface area contributed by atoms with Crippen LogP contribution in [0.4, 0.5) is 0 Å². The lowest BCUT2D eigenvalue weighted by Crippen LogP contribution is -2.61. The number of hydrogen-bond donors (Lipinski definition) is 0. The maximum Gasteiger partial charge on any atom is 0.245 e. The van der Waals surface area contributed by atoms with Gasteiger partial charge in [0, 0.05) is 32.2 Å². The summed E-state index contributed by atoms with van der Waals surface area (Å²) in [5.41, 5.74) is 0. The van der Waals surface area contributed by atoms with Gasteiger partial charge in [-0.1, -0.05) is 0 Å². The summed E-state index contributed by atoms with van der Waals surface area (Å²) in [6, 6.07) is -0.0422. The number of carbonyl (C=O) groups is 2. The van der Waals surface area contributed by atoms with E-state index in [1.54, 1.807) is 0 Å². The van der Waals surface area contributed by atoms with Crippen LogP contribution in [0.2, 0.25) is 0 Å². The van der Waals surface area contributed by atoms with Crippen molar-refractivity contribution in [1.82, 2.24) is 19.6 Å². The lowest BCUT2D eigenvalue weighted by Gasteiger charge is -2.42. The smallest absolute Gasteiger partial charge is 0.245 e. The highest BCUT2D eigenvalue weighted by Crippen LogP contribution is 2.25. The topological polar surface area (TPSA) is 47.1 Å². The fourth-order valence-corrected chi connectivity index (χ4v) is 3.93. The van der Waals surface area contributed by atoms with E-state index in [1.807, 2.05) is 16.7 Å². The van der Waals surface area contributed by atoms with Crippen molar-refractivity contribution in [1.29, 1.82) is 0 Å². The largest absolute Gasteiger partial charge is 0.336 e. The standard InChI is InChI=1S/C16H28N4O2/c1-13-16(22)19-8-3-5-14(19)11-20(13)15(21)12-18-7-4-6-17(2)9-10-18/h13-14H,3-12H2,1-2H3/t13-,14-/m0/s1. The van der Waals surface area contributed by atoms with Crippen LogP contribution in [-0.2, 0) is 9.59 Å². The molecule has 22 heavy (non-hydrogen) atoms. The first-order valence-electron chi connectivity index (χ1n) is 8.57. The third-order valence-corrected chi connectivity index (χ3v) is 5.38. The molecule has 0 aromatic rings. The Labute approximate surface area is 133 Å². The molecule has 3 aliphatic rings. The van der Waals surface area contributed by atoms with Crippen molar-refractivity contribution in [2.45, 2.75) is 38.3 Å². The quantitative estimate of drug-likeness (QED) is 0.712. The highest BCUT2D eigenvalue weighted by Gasteiger charge is 2.42. The summed E-state index contributed by atoms with van der Waals surface area (Å²) in [6.07, 6.45) is 3.22. The van der Waals surface area contributed by atoms with E-state index in [0.717, 1.165) is 58.5 Å². The third-order valence-electron chi connectivity index (χ3n) is 5.38. The second kappa shape index (κ2) is 6.54. The highest BCUT2D eigenvalue weighted by atomic mass is 16.2. The molecule has 3 saturated heterocycles. The van der Waals surface area contributed by atoms with Gasteiger partial charge < -0.3 is 14.7 Å². The first-order valence-corrected chi connectivity index (χ1v) is 8.57. The Morgan fingerprint density at radius 1 is 1.14 bits per heavy atom. The molecule has 3 aliphatic heterocycles. The summed E-state index contributed by atoms with van der Waals surface area (Å²) in [5.74, 6) is 0.259. The van der Waals surface area contributed by atoms with Gasteiger partial charge in [-0.05, 0) is 46.3 Å². The van der Waals surface area contributed by atoms with Crippen LogP contribution in [0.1, 0.15) is 26.2 Å². The Bertz CT molecular complexity index is 442. The van der Waals surface area contributed by atoms with Gasteiger partial charge in [-0.2, -0.15) is 0 Å². The highest BCUT2D eigenvalue weighted by molar-refractivity contribution is 5.89. The number of rotatable bonds is 2. The van der Waals surface area contributed by atoms with E-state index in [4.69, 9.17) is 0 Å². The number of nitrogens with zero attached hydrogens (tertiary/aromatic N) is 4. The summed E-state index contributed by atoms with van der Waals surface area (Å²) < 4.78 is 0. The lowest BCUT2D eigenvalue weighted by atomic mass is 10.1. The van der Waals surface area contributed by atoms with Gasteiger partial charge in [0.05, 0.1) is 6.54 Å². The van der Waals surface area contributed by atoms with E-state index in [1.165, 1.54) is 0 Å². The molecule has 0 N–H and O–H groups in total. The van der Waals surface area contributed by atoms with Gasteiger partial charge in [0.15, 0.2) is 0 Å². The van der Waals surface area contributed by atoms with Crippen LogP contribution >= 0.6 is 0 Å². The number of likely N-dealkylation sites (N-methyl/N-ethyl adjacent to an activating group) is 1. The number of amides is 2. The van der Waals surface area contributed by atoms with Crippen LogP contribution in [0.5, 0.6) is 0 Å². The van der Waals surface area contributed by atoms with Crippen molar-refractivity contribution in [2.75, 3.05) is 52.9 Å². The molecule has 3 rings (SSSR count). The number of carbonyl (C=O) groups excluding carboxylic acids is 2. The van der Waals surface area contributed by atoms with E-state index < -0.39 is 0 Å². The minimum Gasteiger partial charge on any atom is -0.336 e. The Morgan fingerprint density at radius 3 is 2.77 bits per heavy atom. The Kier molecular flexibility index (Phi) is 4.68. The van der Waals surface area contributed by atoms with Gasteiger partial charge in [-0.3, -0.25) is 14.5 Å². The minimum absolute atomic E-state index is 0.122. The zero-order chi connectivity index (χ0) is 15.7. The van der Waals surface area contributed by atoms with Crippen LogP contribution in [0.3, 0.4) is 0 Å². The molecule has 3 fully saturated rings. The molecule has 2 amide bonds. The molecular formula is C16H28N4O2. The summed E-state index contributed by atoms with van der Waals surface area (Å²) in [4.78, 5) is 33.5. The van der Waals surface area contributed by atoms with Crippen LogP contribution in [0.25, 0.3) is 0 Å². The average molecular weight is 308 g/mol. The van der Waals surface area contributed by atoms with E-state index in [-0.39, 0.29) is 23.9 Å². The molecule has 0 aromatic carbocycles. The predicted molar refractivity (Wildman–Crippen MR) is 84.5 cm³/mol. The lowest BCUT2D eigenvalue weighted by molar-refractivity contribution is -0.153. The maximum absolute atomic E-state index is 12.7. The first-order chi connectivity index (χ1) is 10.6. The molecule has 6 nitrogen and oxygen atoms in total. The van der Waals surface area contributed by atoms with Gasteiger partial charge in [0.2, 0.25) is 11.8 Å². The third kappa shape index (κ3) is 3.13. The van der Waals surface area contributed by atoms with Gasteiger partial charge in [0.25, 0.3) is 0 Å². The van der Waals surface area contributed by atoms with Crippen molar-refractivity contribution in [3.05, 3.63) is 0 Å². The van der Waals surface area contributed by atoms with E-state index in [9.17, 15) is 9.59 Å². The van der Waals surface area contributed by atoms with Crippen molar-refractivity contribution >= 4 is 11.8 Å². The van der Waals surface area contributed by atoms with Crippen LogP contribution in [0.15, 0.2) is 0 Å². The number of fused-ring (bicyclic) bond motifs is 1. The van der Waals surface area contributed by atoms with Crippen molar-refractivity contribution in [3.63, 3.8) is 0 Å². The van der Waals surface area contributed by atoms with Crippen molar-refractivity contribution in [2.24, 2.45) is 0 Å². The Morgan fingerprint density at radius 2 is 1.95 bits per heavy atom. The van der Waals surface area contributed by atoms with Gasteiger partial charge in [-0.15, -0.1) is 0 Å². The Hall–Kier alpha value is -1.14. The van der Waals surface area contributed by atoms with Crippen molar-refractivity contribution in [3.8, 4) is 0 Å². The monoisotopic (exact) mass is 308 g/mol. The number of hydrogen-bond acceptors (Lipinski definition) is 4.